The topological polar surface area (TPSA) is 18.5 Å². The van der Waals surface area contributed by atoms with Crippen LogP contribution in [0.4, 0.5) is 4.39 Å². The van der Waals surface area contributed by atoms with Crippen molar-refractivity contribution in [1.82, 2.24) is 0 Å². The van der Waals surface area contributed by atoms with Gasteiger partial charge in [-0.05, 0) is 22.0 Å². The second-order valence-corrected chi connectivity index (χ2v) is 3.51. The highest BCUT2D eigenvalue weighted by Crippen LogP contribution is 2.30. The Morgan fingerprint density at radius 2 is 2.23 bits per heavy atom. The first-order chi connectivity index (χ1) is 6.15. The third-order valence-corrected chi connectivity index (χ3v) is 2.22. The van der Waals surface area contributed by atoms with Crippen LogP contribution in [-0.4, -0.2) is 13.9 Å². The summed E-state index contributed by atoms with van der Waals surface area (Å²) in [6.07, 6.45) is 0. The van der Waals surface area contributed by atoms with E-state index in [1.807, 2.05) is 0 Å². The molecule has 72 valence electrons. The average molecular weight is 269 g/mol. The predicted octanol–water partition coefficient (Wildman–Crippen LogP) is 3.22. The van der Waals surface area contributed by atoms with Crippen molar-refractivity contribution in [2.24, 2.45) is 0 Å². The summed E-state index contributed by atoms with van der Waals surface area (Å²) in [4.78, 5) is 0. The zero-order valence-electron chi connectivity index (χ0n) is 6.81. The van der Waals surface area contributed by atoms with Crippen LogP contribution in [0.15, 0.2) is 16.6 Å². The van der Waals surface area contributed by atoms with Gasteiger partial charge in [-0.15, -0.1) is 0 Å². The highest BCUT2D eigenvalue weighted by molar-refractivity contribution is 9.10. The summed E-state index contributed by atoms with van der Waals surface area (Å²) in [7, 11) is 1.50. The smallest absolute Gasteiger partial charge is 0.188 e. The molecule has 0 saturated carbocycles. The van der Waals surface area contributed by atoms with Gasteiger partial charge in [0.25, 0.3) is 0 Å². The van der Waals surface area contributed by atoms with E-state index in [1.54, 1.807) is 0 Å². The average Bonchev–Trinajstić information content (AvgIpc) is 2.09. The van der Waals surface area contributed by atoms with Gasteiger partial charge in [0.05, 0.1) is 9.50 Å². The maximum absolute atomic E-state index is 12.8. The lowest BCUT2D eigenvalue weighted by molar-refractivity contribution is 0.0505. The number of benzene rings is 1. The third-order valence-electron chi connectivity index (χ3n) is 1.31. The Hall–Kier alpha value is -0.320. The Labute approximate surface area is 88.7 Å². The summed E-state index contributed by atoms with van der Waals surface area (Å²) >= 11 is 8.68. The van der Waals surface area contributed by atoms with Gasteiger partial charge in [-0.2, -0.15) is 0 Å². The predicted molar refractivity (Wildman–Crippen MR) is 51.6 cm³/mol. The van der Waals surface area contributed by atoms with E-state index in [2.05, 4.69) is 15.9 Å². The molecule has 0 saturated heterocycles. The van der Waals surface area contributed by atoms with Gasteiger partial charge in [0.1, 0.15) is 11.6 Å². The second-order valence-electron chi connectivity index (χ2n) is 2.25. The summed E-state index contributed by atoms with van der Waals surface area (Å²) in [5, 5.41) is 0.0225. The first kappa shape index (κ1) is 10.8. The van der Waals surface area contributed by atoms with Crippen molar-refractivity contribution in [2.45, 2.75) is 0 Å². The van der Waals surface area contributed by atoms with E-state index in [0.29, 0.717) is 10.2 Å². The number of hydrogen-bond donors (Lipinski definition) is 0. The van der Waals surface area contributed by atoms with Crippen molar-refractivity contribution in [2.75, 3.05) is 13.9 Å². The molecule has 13 heavy (non-hydrogen) atoms. The zero-order valence-corrected chi connectivity index (χ0v) is 9.15. The molecule has 0 amide bonds. The molecule has 0 N–H and O–H groups in total. The molecule has 0 radical (unpaired) electrons. The van der Waals surface area contributed by atoms with Crippen LogP contribution in [0.2, 0.25) is 5.02 Å². The maximum Gasteiger partial charge on any atom is 0.188 e. The molecule has 0 aliphatic rings. The van der Waals surface area contributed by atoms with Gasteiger partial charge in [0.2, 0.25) is 0 Å². The summed E-state index contributed by atoms with van der Waals surface area (Å²) < 4.78 is 23.1. The van der Waals surface area contributed by atoms with Crippen molar-refractivity contribution in [3.63, 3.8) is 0 Å². The van der Waals surface area contributed by atoms with Crippen LogP contribution >= 0.6 is 27.5 Å². The van der Waals surface area contributed by atoms with Crippen LogP contribution in [-0.2, 0) is 4.74 Å². The summed E-state index contributed by atoms with van der Waals surface area (Å²) in [5.74, 6) is -0.0356. The molecule has 1 rings (SSSR count). The van der Waals surface area contributed by atoms with E-state index >= 15 is 0 Å². The van der Waals surface area contributed by atoms with Crippen LogP contribution in [0, 0.1) is 5.82 Å². The summed E-state index contributed by atoms with van der Waals surface area (Å²) in [5.41, 5.74) is 0. The van der Waals surface area contributed by atoms with Crippen LogP contribution in [0.3, 0.4) is 0 Å². The van der Waals surface area contributed by atoms with Gasteiger partial charge in [0, 0.05) is 13.2 Å². The quantitative estimate of drug-likeness (QED) is 0.619. The van der Waals surface area contributed by atoms with E-state index in [0.717, 1.165) is 0 Å². The molecule has 0 aliphatic carbocycles. The maximum atomic E-state index is 12.8. The lowest BCUT2D eigenvalue weighted by Crippen LogP contribution is -1.99. The first-order valence-electron chi connectivity index (χ1n) is 3.41. The molecule has 0 heterocycles. The van der Waals surface area contributed by atoms with Crippen LogP contribution in [0.5, 0.6) is 5.75 Å². The summed E-state index contributed by atoms with van der Waals surface area (Å²) in [6.45, 7) is 0.0978. The van der Waals surface area contributed by atoms with Gasteiger partial charge in [-0.3, -0.25) is 0 Å². The van der Waals surface area contributed by atoms with E-state index in [1.165, 1.54) is 19.2 Å². The van der Waals surface area contributed by atoms with Crippen LogP contribution < -0.4 is 4.74 Å². The first-order valence-corrected chi connectivity index (χ1v) is 4.58. The van der Waals surface area contributed by atoms with Gasteiger partial charge in [-0.1, -0.05) is 11.6 Å². The molecule has 0 unspecified atom stereocenters. The highest BCUT2D eigenvalue weighted by Gasteiger charge is 2.07. The van der Waals surface area contributed by atoms with Gasteiger partial charge in [0.15, 0.2) is 6.79 Å². The van der Waals surface area contributed by atoms with Crippen LogP contribution in [0.1, 0.15) is 0 Å². The largest absolute Gasteiger partial charge is 0.466 e. The van der Waals surface area contributed by atoms with E-state index < -0.39 is 5.82 Å². The lowest BCUT2D eigenvalue weighted by atomic mass is 10.3. The highest BCUT2D eigenvalue weighted by atomic mass is 79.9. The van der Waals surface area contributed by atoms with E-state index in [-0.39, 0.29) is 11.8 Å². The molecule has 5 heteroatoms. The van der Waals surface area contributed by atoms with Crippen molar-refractivity contribution in [1.29, 1.82) is 0 Å². The van der Waals surface area contributed by atoms with Crippen molar-refractivity contribution in [3.8, 4) is 5.75 Å². The molecular weight excluding hydrogens is 262 g/mol. The van der Waals surface area contributed by atoms with Gasteiger partial charge < -0.3 is 9.47 Å². The molecular formula is C8H7BrClFO2. The Morgan fingerprint density at radius 1 is 1.54 bits per heavy atom. The Balaban J connectivity index is 2.88. The lowest BCUT2D eigenvalue weighted by Gasteiger charge is -2.07. The standard InChI is InChI=1S/C8H7BrClFO2/c1-12-4-13-8-3-6(10)7(11)2-5(8)9/h2-3H,4H2,1H3. The Morgan fingerprint density at radius 3 is 2.85 bits per heavy atom. The third kappa shape index (κ3) is 2.83. The molecule has 0 aromatic heterocycles. The van der Waals surface area contributed by atoms with Crippen molar-refractivity contribution >= 4 is 27.5 Å². The van der Waals surface area contributed by atoms with Gasteiger partial charge >= 0.3 is 0 Å². The van der Waals surface area contributed by atoms with E-state index in [4.69, 9.17) is 21.1 Å². The molecule has 0 bridgehead atoms. The number of halogens is 3. The molecule has 0 aliphatic heterocycles. The van der Waals surface area contributed by atoms with E-state index in [9.17, 15) is 4.39 Å². The zero-order chi connectivity index (χ0) is 9.84. The molecule has 0 spiro atoms. The Kier molecular flexibility index (Phi) is 3.96. The molecule has 0 fully saturated rings. The van der Waals surface area contributed by atoms with Gasteiger partial charge in [-0.25, -0.2) is 4.39 Å². The fourth-order valence-corrected chi connectivity index (χ4v) is 1.32. The number of ether oxygens (including phenoxy) is 2. The van der Waals surface area contributed by atoms with Crippen molar-refractivity contribution in [3.05, 3.63) is 27.4 Å². The number of rotatable bonds is 3. The SMILES string of the molecule is COCOc1cc(Cl)c(F)cc1Br. The minimum Gasteiger partial charge on any atom is -0.466 e. The van der Waals surface area contributed by atoms with Crippen LogP contribution in [0.25, 0.3) is 0 Å². The number of methoxy groups -OCH3 is 1. The molecule has 1 aromatic carbocycles. The minimum atomic E-state index is -0.488. The molecule has 1 aromatic rings. The Bertz CT molecular complexity index is 306. The number of hydrogen-bond acceptors (Lipinski definition) is 2. The molecule has 0 atom stereocenters. The summed E-state index contributed by atoms with van der Waals surface area (Å²) in [6, 6.07) is 2.63. The second kappa shape index (κ2) is 4.79. The fraction of sp³-hybridized carbons (Fsp3) is 0.250. The molecule has 2 nitrogen and oxygen atoms in total. The monoisotopic (exact) mass is 268 g/mol. The van der Waals surface area contributed by atoms with Crippen molar-refractivity contribution < 1.29 is 13.9 Å². The minimum absolute atomic E-state index is 0.0225. The fourth-order valence-electron chi connectivity index (χ4n) is 0.737. The normalized spacial score (nSPS) is 10.2.